The Kier molecular flexibility index (Phi) is 52.9. The molecule has 0 aliphatic carbocycles. The van der Waals surface area contributed by atoms with Gasteiger partial charge in [0.05, 0.1) is 0 Å². The molecule has 0 bridgehead atoms. The summed E-state index contributed by atoms with van der Waals surface area (Å²) >= 11 is 0. The first-order valence-corrected chi connectivity index (χ1v) is 28.2. The molecule has 0 heterocycles. The van der Waals surface area contributed by atoms with Gasteiger partial charge in [-0.2, -0.15) is 0 Å². The second-order valence-electron chi connectivity index (χ2n) is 18.5. The maximum absolute atomic E-state index is 12.8. The van der Waals surface area contributed by atoms with Crippen LogP contribution in [0.2, 0.25) is 0 Å². The highest BCUT2D eigenvalue weighted by molar-refractivity contribution is 5.71. The van der Waals surface area contributed by atoms with E-state index in [1.807, 2.05) is 0 Å². The Labute approximate surface area is 419 Å². The third-order valence-corrected chi connectivity index (χ3v) is 11.8. The van der Waals surface area contributed by atoms with E-state index in [0.29, 0.717) is 19.3 Å². The molecule has 1 unspecified atom stereocenters. The van der Waals surface area contributed by atoms with Gasteiger partial charge in [-0.15, -0.1) is 0 Å². The van der Waals surface area contributed by atoms with E-state index in [-0.39, 0.29) is 31.1 Å². The summed E-state index contributed by atoms with van der Waals surface area (Å²) in [6.07, 6.45) is 73.9. The quantitative estimate of drug-likeness (QED) is 0.0262. The molecule has 0 aliphatic heterocycles. The minimum atomic E-state index is -0.802. The second-order valence-corrected chi connectivity index (χ2v) is 18.5. The van der Waals surface area contributed by atoms with Gasteiger partial charge in [-0.25, -0.2) is 0 Å². The molecule has 0 fully saturated rings. The molecule has 0 aromatic rings. The molecule has 0 spiro atoms. The van der Waals surface area contributed by atoms with Crippen molar-refractivity contribution in [1.82, 2.24) is 0 Å². The van der Waals surface area contributed by atoms with Crippen molar-refractivity contribution in [2.24, 2.45) is 0 Å². The fourth-order valence-electron chi connectivity index (χ4n) is 7.59. The van der Waals surface area contributed by atoms with Crippen LogP contribution < -0.4 is 0 Å². The van der Waals surface area contributed by atoms with Crippen molar-refractivity contribution >= 4 is 17.9 Å². The molecule has 68 heavy (non-hydrogen) atoms. The van der Waals surface area contributed by atoms with Crippen LogP contribution >= 0.6 is 0 Å². The fraction of sp³-hybridized carbons (Fsp3) is 0.694. The Morgan fingerprint density at radius 2 is 0.574 bits per heavy atom. The van der Waals surface area contributed by atoms with E-state index >= 15 is 0 Å². The van der Waals surface area contributed by atoms with Crippen molar-refractivity contribution in [1.29, 1.82) is 0 Å². The van der Waals surface area contributed by atoms with Gasteiger partial charge in [-0.1, -0.05) is 234 Å². The van der Waals surface area contributed by atoms with Gasteiger partial charge in [0.25, 0.3) is 0 Å². The van der Waals surface area contributed by atoms with E-state index in [2.05, 4.69) is 118 Å². The molecule has 0 N–H and O–H groups in total. The van der Waals surface area contributed by atoms with E-state index in [0.717, 1.165) is 122 Å². The largest absolute Gasteiger partial charge is 0.462 e. The van der Waals surface area contributed by atoms with Crippen LogP contribution in [0.5, 0.6) is 0 Å². The van der Waals surface area contributed by atoms with Crippen molar-refractivity contribution in [2.45, 2.75) is 264 Å². The summed E-state index contributed by atoms with van der Waals surface area (Å²) in [5, 5.41) is 0. The zero-order chi connectivity index (χ0) is 49.3. The predicted octanol–water partition coefficient (Wildman–Crippen LogP) is 18.9. The molecule has 1 atom stereocenters. The molecule has 6 heteroatoms. The molecular formula is C62H104O6. The Hall–Kier alpha value is -3.67. The average molecular weight is 946 g/mol. The van der Waals surface area contributed by atoms with Crippen molar-refractivity contribution in [3.05, 3.63) is 97.2 Å². The highest BCUT2D eigenvalue weighted by Crippen LogP contribution is 2.15. The van der Waals surface area contributed by atoms with Gasteiger partial charge in [0.1, 0.15) is 13.2 Å². The van der Waals surface area contributed by atoms with Crippen molar-refractivity contribution in [3.63, 3.8) is 0 Å². The topological polar surface area (TPSA) is 78.9 Å². The van der Waals surface area contributed by atoms with E-state index in [4.69, 9.17) is 14.2 Å². The van der Waals surface area contributed by atoms with Crippen LogP contribution in [-0.4, -0.2) is 37.2 Å². The van der Waals surface area contributed by atoms with Crippen molar-refractivity contribution in [3.8, 4) is 0 Å². The van der Waals surface area contributed by atoms with Crippen LogP contribution in [0.1, 0.15) is 258 Å². The summed E-state index contributed by atoms with van der Waals surface area (Å²) in [4.78, 5) is 38.1. The monoisotopic (exact) mass is 945 g/mol. The number of ether oxygens (including phenoxy) is 3. The zero-order valence-electron chi connectivity index (χ0n) is 44.3. The molecule has 0 aromatic carbocycles. The number of allylic oxidation sites excluding steroid dienone is 16. The maximum atomic E-state index is 12.8. The maximum Gasteiger partial charge on any atom is 0.306 e. The van der Waals surface area contributed by atoms with Crippen LogP contribution in [0.25, 0.3) is 0 Å². The Morgan fingerprint density at radius 1 is 0.309 bits per heavy atom. The number of hydrogen-bond donors (Lipinski definition) is 0. The fourth-order valence-corrected chi connectivity index (χ4v) is 7.59. The first-order chi connectivity index (χ1) is 33.5. The number of hydrogen-bond acceptors (Lipinski definition) is 6. The lowest BCUT2D eigenvalue weighted by atomic mass is 10.0. The summed E-state index contributed by atoms with van der Waals surface area (Å²) in [7, 11) is 0. The third kappa shape index (κ3) is 53.3. The van der Waals surface area contributed by atoms with Gasteiger partial charge in [-0.05, 0) is 103 Å². The summed E-state index contributed by atoms with van der Waals surface area (Å²) in [5.74, 6) is -0.952. The minimum absolute atomic E-state index is 0.0960. The molecule has 0 saturated carbocycles. The lowest BCUT2D eigenvalue weighted by molar-refractivity contribution is -0.167. The van der Waals surface area contributed by atoms with Gasteiger partial charge >= 0.3 is 17.9 Å². The van der Waals surface area contributed by atoms with Gasteiger partial charge in [0.15, 0.2) is 6.10 Å². The van der Waals surface area contributed by atoms with Crippen LogP contribution in [0, 0.1) is 0 Å². The molecular weight excluding hydrogens is 841 g/mol. The molecule has 0 saturated heterocycles. The van der Waals surface area contributed by atoms with Gasteiger partial charge in [-0.3, -0.25) is 14.4 Å². The van der Waals surface area contributed by atoms with Gasteiger partial charge in [0.2, 0.25) is 0 Å². The predicted molar refractivity (Wildman–Crippen MR) is 293 cm³/mol. The number of carbonyl (C=O) groups is 3. The normalized spacial score (nSPS) is 12.8. The Morgan fingerprint density at radius 3 is 0.941 bits per heavy atom. The van der Waals surface area contributed by atoms with E-state index < -0.39 is 6.10 Å². The van der Waals surface area contributed by atoms with Crippen molar-refractivity contribution in [2.75, 3.05) is 13.2 Å². The average Bonchev–Trinajstić information content (AvgIpc) is 3.34. The molecule has 0 rings (SSSR count). The molecule has 0 aliphatic rings. The lowest BCUT2D eigenvalue weighted by Crippen LogP contribution is -2.30. The standard InChI is InChI=1S/C62H104O6/c1-4-7-10-13-16-19-22-25-27-29-30-31-32-33-35-37-40-43-46-49-52-55-61(64)67-58-59(57-66-60(63)54-51-48-45-42-39-36-24-21-18-15-12-9-6-3)68-62(65)56-53-50-47-44-41-38-34-28-26-23-20-17-14-11-8-5-2/h7,10,16,19-20,23,25,27-28,30-31,33-35,40,43,59H,4-6,8-9,11-15,17-18,21-22,24,26,29,32,36-39,41-42,44-58H2,1-3H3/b10-7-,19-16-,23-20-,27-25-,31-30-,34-28-,35-33-,43-40-. The van der Waals surface area contributed by atoms with Crippen molar-refractivity contribution < 1.29 is 28.6 Å². The Bertz CT molecular complexity index is 1360. The summed E-state index contributed by atoms with van der Waals surface area (Å²) in [6, 6.07) is 0. The summed E-state index contributed by atoms with van der Waals surface area (Å²) in [5.41, 5.74) is 0. The lowest BCUT2D eigenvalue weighted by Gasteiger charge is -2.18. The first-order valence-electron chi connectivity index (χ1n) is 28.2. The van der Waals surface area contributed by atoms with Crippen LogP contribution in [0.15, 0.2) is 97.2 Å². The third-order valence-electron chi connectivity index (χ3n) is 11.8. The minimum Gasteiger partial charge on any atom is -0.462 e. The zero-order valence-corrected chi connectivity index (χ0v) is 44.3. The number of esters is 3. The summed E-state index contributed by atoms with van der Waals surface area (Å²) < 4.78 is 16.8. The van der Waals surface area contributed by atoms with Gasteiger partial charge < -0.3 is 14.2 Å². The number of carbonyl (C=O) groups excluding carboxylic acids is 3. The van der Waals surface area contributed by atoms with Crippen LogP contribution in [0.4, 0.5) is 0 Å². The summed E-state index contributed by atoms with van der Waals surface area (Å²) in [6.45, 7) is 6.46. The number of rotatable bonds is 50. The molecule has 0 radical (unpaired) electrons. The van der Waals surface area contributed by atoms with Gasteiger partial charge in [0, 0.05) is 19.3 Å². The molecule has 0 amide bonds. The molecule has 388 valence electrons. The highest BCUT2D eigenvalue weighted by Gasteiger charge is 2.19. The van der Waals surface area contributed by atoms with Crippen LogP contribution in [-0.2, 0) is 28.6 Å². The molecule has 6 nitrogen and oxygen atoms in total. The van der Waals surface area contributed by atoms with Crippen LogP contribution in [0.3, 0.4) is 0 Å². The highest BCUT2D eigenvalue weighted by atomic mass is 16.6. The molecule has 0 aromatic heterocycles. The first kappa shape index (κ1) is 64.3. The van der Waals surface area contributed by atoms with E-state index in [9.17, 15) is 14.4 Å². The number of unbranched alkanes of at least 4 members (excludes halogenated alkanes) is 23. The van der Waals surface area contributed by atoms with E-state index in [1.54, 1.807) is 0 Å². The Balaban J connectivity index is 4.48. The second kappa shape index (κ2) is 55.9. The smallest absolute Gasteiger partial charge is 0.306 e. The van der Waals surface area contributed by atoms with E-state index in [1.165, 1.54) is 96.3 Å². The SMILES string of the molecule is CC/C=C\C/C=C\C/C=C\C/C=C\C/C=C\C/C=C\CCCCC(=O)OCC(COC(=O)CCCCCCCCCCCCCCC)OC(=O)CCCCCCC/C=C\C/C=C\CCCCCC.